The van der Waals surface area contributed by atoms with E-state index in [4.69, 9.17) is 9.15 Å². The molecule has 1 N–H and O–H groups in total. The summed E-state index contributed by atoms with van der Waals surface area (Å²) in [5, 5.41) is 3.81. The first-order valence-corrected chi connectivity index (χ1v) is 6.49. The van der Waals surface area contributed by atoms with Crippen LogP contribution in [-0.4, -0.2) is 19.2 Å². The van der Waals surface area contributed by atoms with Crippen LogP contribution in [0.1, 0.15) is 16.1 Å². The van der Waals surface area contributed by atoms with Crippen LogP contribution in [0.2, 0.25) is 0 Å². The van der Waals surface area contributed by atoms with Crippen molar-refractivity contribution in [2.75, 3.05) is 7.11 Å². The van der Waals surface area contributed by atoms with Crippen LogP contribution in [0.4, 0.5) is 0 Å². The Morgan fingerprint density at radius 1 is 1.47 bits per heavy atom. The van der Waals surface area contributed by atoms with Crippen molar-refractivity contribution in [3.63, 3.8) is 0 Å². The topological polar surface area (TPSA) is 63.8 Å². The lowest BCUT2D eigenvalue weighted by Gasteiger charge is -2.05. The number of amides is 1. The first kappa shape index (κ1) is 13.6. The molecule has 0 unspecified atom stereocenters. The van der Waals surface area contributed by atoms with E-state index in [9.17, 15) is 4.79 Å². The van der Waals surface area contributed by atoms with E-state index in [-0.39, 0.29) is 5.91 Å². The zero-order valence-corrected chi connectivity index (χ0v) is 12.2. The van der Waals surface area contributed by atoms with Gasteiger partial charge in [-0.1, -0.05) is 0 Å². The Balaban J connectivity index is 2.02. The van der Waals surface area contributed by atoms with Crippen molar-refractivity contribution in [2.24, 2.45) is 5.10 Å². The smallest absolute Gasteiger partial charge is 0.271 e. The maximum atomic E-state index is 11.8. The first-order valence-electron chi connectivity index (χ1n) is 5.41. The van der Waals surface area contributed by atoms with E-state index in [1.807, 2.05) is 0 Å². The number of carbonyl (C=O) groups excluding carboxylic acids is 1. The number of hydrogen-bond donors (Lipinski definition) is 1. The van der Waals surface area contributed by atoms with Gasteiger partial charge in [0, 0.05) is 5.56 Å². The van der Waals surface area contributed by atoms with E-state index in [1.165, 1.54) is 12.5 Å². The Morgan fingerprint density at radius 3 is 2.95 bits per heavy atom. The van der Waals surface area contributed by atoms with Crippen molar-refractivity contribution >= 4 is 34.7 Å². The van der Waals surface area contributed by atoms with Crippen LogP contribution in [-0.2, 0) is 0 Å². The van der Waals surface area contributed by atoms with E-state index in [2.05, 4.69) is 33.1 Å². The molecule has 1 heterocycles. The standard InChI is InChI=1S/C13H11IN2O3/c1-18-12-5-4-9(7-11(12)14)13(17)16-15-8-10-3-2-6-19-10/h2-8H,1H3,(H,16,17). The Hall–Kier alpha value is -1.83. The quantitative estimate of drug-likeness (QED) is 0.511. The second kappa shape index (κ2) is 6.37. The molecule has 0 aliphatic rings. The van der Waals surface area contributed by atoms with Crippen LogP contribution < -0.4 is 10.2 Å². The second-order valence-electron chi connectivity index (χ2n) is 3.56. The molecule has 5 nitrogen and oxygen atoms in total. The highest BCUT2D eigenvalue weighted by Crippen LogP contribution is 2.21. The van der Waals surface area contributed by atoms with Crippen LogP contribution in [0.5, 0.6) is 5.75 Å². The Morgan fingerprint density at radius 2 is 2.32 bits per heavy atom. The highest BCUT2D eigenvalue weighted by molar-refractivity contribution is 14.1. The van der Waals surface area contributed by atoms with Gasteiger partial charge in [-0.05, 0) is 52.9 Å². The molecule has 98 valence electrons. The second-order valence-corrected chi connectivity index (χ2v) is 4.73. The number of nitrogens with one attached hydrogen (secondary N) is 1. The van der Waals surface area contributed by atoms with Crippen LogP contribution in [0.3, 0.4) is 0 Å². The number of methoxy groups -OCH3 is 1. The molecule has 0 radical (unpaired) electrons. The molecule has 0 fully saturated rings. The maximum Gasteiger partial charge on any atom is 0.271 e. The molecular formula is C13H11IN2O3. The molecule has 0 atom stereocenters. The normalized spacial score (nSPS) is 10.6. The molecule has 2 aromatic rings. The predicted molar refractivity (Wildman–Crippen MR) is 79.5 cm³/mol. The van der Waals surface area contributed by atoms with Gasteiger partial charge in [0.15, 0.2) is 0 Å². The molecule has 0 saturated carbocycles. The number of rotatable bonds is 4. The molecule has 6 heteroatoms. The molecule has 0 bridgehead atoms. The fourth-order valence-corrected chi connectivity index (χ4v) is 2.13. The Labute approximate surface area is 123 Å². The minimum absolute atomic E-state index is 0.289. The highest BCUT2D eigenvalue weighted by Gasteiger charge is 2.07. The molecule has 2 rings (SSSR count). The fourth-order valence-electron chi connectivity index (χ4n) is 1.39. The van der Waals surface area contributed by atoms with Crippen LogP contribution in [0.15, 0.2) is 46.1 Å². The summed E-state index contributed by atoms with van der Waals surface area (Å²) >= 11 is 2.11. The molecule has 19 heavy (non-hydrogen) atoms. The zero-order chi connectivity index (χ0) is 13.7. The van der Waals surface area contributed by atoms with Gasteiger partial charge in [0.25, 0.3) is 5.91 Å². The lowest BCUT2D eigenvalue weighted by Crippen LogP contribution is -2.17. The van der Waals surface area contributed by atoms with Crippen molar-refractivity contribution in [1.82, 2.24) is 5.43 Å². The van der Waals surface area contributed by atoms with E-state index < -0.39 is 0 Å². The molecular weight excluding hydrogens is 359 g/mol. The minimum atomic E-state index is -0.289. The van der Waals surface area contributed by atoms with Gasteiger partial charge in [0.1, 0.15) is 11.5 Å². The number of hydrogen-bond acceptors (Lipinski definition) is 4. The summed E-state index contributed by atoms with van der Waals surface area (Å²) in [6, 6.07) is 8.64. The molecule has 0 saturated heterocycles. The number of ether oxygens (including phenoxy) is 1. The number of benzene rings is 1. The summed E-state index contributed by atoms with van der Waals surface area (Å²) in [5.41, 5.74) is 2.94. The van der Waals surface area contributed by atoms with Gasteiger partial charge in [0.2, 0.25) is 0 Å². The van der Waals surface area contributed by atoms with E-state index >= 15 is 0 Å². The number of furan rings is 1. The third-order valence-electron chi connectivity index (χ3n) is 2.32. The lowest BCUT2D eigenvalue weighted by molar-refractivity contribution is 0.0955. The van der Waals surface area contributed by atoms with Gasteiger partial charge < -0.3 is 9.15 Å². The molecule has 0 aliphatic heterocycles. The zero-order valence-electron chi connectivity index (χ0n) is 10.1. The third-order valence-corrected chi connectivity index (χ3v) is 3.16. The molecule has 0 aliphatic carbocycles. The molecule has 0 spiro atoms. The molecule has 1 aromatic carbocycles. The average molecular weight is 370 g/mol. The number of carbonyl (C=O) groups is 1. The third kappa shape index (κ3) is 3.57. The van der Waals surface area contributed by atoms with Gasteiger partial charge in [0.05, 0.1) is 23.2 Å². The van der Waals surface area contributed by atoms with Gasteiger partial charge in [-0.25, -0.2) is 5.43 Å². The van der Waals surface area contributed by atoms with Gasteiger partial charge in [-0.15, -0.1) is 0 Å². The summed E-state index contributed by atoms with van der Waals surface area (Å²) < 4.78 is 11.0. The van der Waals surface area contributed by atoms with Gasteiger partial charge >= 0.3 is 0 Å². The number of nitrogens with zero attached hydrogens (tertiary/aromatic N) is 1. The van der Waals surface area contributed by atoms with Crippen LogP contribution in [0.25, 0.3) is 0 Å². The van der Waals surface area contributed by atoms with Gasteiger partial charge in [-0.3, -0.25) is 4.79 Å². The van der Waals surface area contributed by atoms with Gasteiger partial charge in [-0.2, -0.15) is 5.10 Å². The maximum absolute atomic E-state index is 11.8. The van der Waals surface area contributed by atoms with Crippen molar-refractivity contribution < 1.29 is 13.9 Å². The SMILES string of the molecule is COc1ccc(C(=O)NN=Cc2ccco2)cc1I. The summed E-state index contributed by atoms with van der Waals surface area (Å²) in [5.74, 6) is 1.02. The minimum Gasteiger partial charge on any atom is -0.496 e. The molecule has 1 amide bonds. The highest BCUT2D eigenvalue weighted by atomic mass is 127. The lowest BCUT2D eigenvalue weighted by atomic mass is 10.2. The van der Waals surface area contributed by atoms with Crippen molar-refractivity contribution in [2.45, 2.75) is 0 Å². The largest absolute Gasteiger partial charge is 0.496 e. The average Bonchev–Trinajstić information content (AvgIpc) is 2.91. The van der Waals surface area contributed by atoms with Crippen molar-refractivity contribution in [3.8, 4) is 5.75 Å². The van der Waals surface area contributed by atoms with Crippen molar-refractivity contribution in [3.05, 3.63) is 51.5 Å². The van der Waals surface area contributed by atoms with E-state index in [0.717, 1.165) is 9.32 Å². The Kier molecular flexibility index (Phi) is 4.56. The first-order chi connectivity index (χ1) is 9.20. The van der Waals surface area contributed by atoms with E-state index in [1.54, 1.807) is 37.4 Å². The number of halogens is 1. The Bertz CT molecular complexity index is 594. The summed E-state index contributed by atoms with van der Waals surface area (Å²) in [7, 11) is 1.59. The fraction of sp³-hybridized carbons (Fsp3) is 0.0769. The predicted octanol–water partition coefficient (Wildman–Crippen LogP) is 2.66. The summed E-state index contributed by atoms with van der Waals surface area (Å²) in [6.07, 6.45) is 2.97. The number of hydrazone groups is 1. The monoisotopic (exact) mass is 370 g/mol. The summed E-state index contributed by atoms with van der Waals surface area (Å²) in [6.45, 7) is 0. The van der Waals surface area contributed by atoms with Crippen LogP contribution >= 0.6 is 22.6 Å². The molecule has 1 aromatic heterocycles. The van der Waals surface area contributed by atoms with Crippen LogP contribution in [0, 0.1) is 3.57 Å². The van der Waals surface area contributed by atoms with E-state index in [0.29, 0.717) is 11.3 Å². The summed E-state index contributed by atoms with van der Waals surface area (Å²) in [4.78, 5) is 11.8. The van der Waals surface area contributed by atoms with Crippen molar-refractivity contribution in [1.29, 1.82) is 0 Å².